The van der Waals surface area contributed by atoms with E-state index in [0.29, 0.717) is 19.4 Å². The molecule has 6 nitrogen and oxygen atoms in total. The smallest absolute Gasteiger partial charge is 0.305 e. The van der Waals surface area contributed by atoms with Crippen LogP contribution in [0.5, 0.6) is 0 Å². The molecule has 326 valence electrons. The van der Waals surface area contributed by atoms with Crippen LogP contribution in [0.1, 0.15) is 232 Å². The van der Waals surface area contributed by atoms with Crippen molar-refractivity contribution in [3.63, 3.8) is 0 Å². The van der Waals surface area contributed by atoms with Gasteiger partial charge in [0.2, 0.25) is 5.91 Å². The lowest BCUT2D eigenvalue weighted by molar-refractivity contribution is -0.143. The normalized spacial score (nSPS) is 13.1. The molecule has 0 rings (SSSR count). The number of unbranched alkanes of at least 4 members (excludes halogenated alkanes) is 26. The number of hydrogen-bond donors (Lipinski definition) is 3. The maximum Gasteiger partial charge on any atom is 0.305 e. The first-order chi connectivity index (χ1) is 27.5. The van der Waals surface area contributed by atoms with Gasteiger partial charge in [0, 0.05) is 12.8 Å². The van der Waals surface area contributed by atoms with E-state index in [1.54, 1.807) is 6.08 Å². The molecule has 0 bridgehead atoms. The highest BCUT2D eigenvalue weighted by Gasteiger charge is 2.18. The third kappa shape index (κ3) is 41.5. The van der Waals surface area contributed by atoms with Crippen molar-refractivity contribution in [3.05, 3.63) is 48.6 Å². The Bertz CT molecular complexity index is 957. The van der Waals surface area contributed by atoms with E-state index in [0.717, 1.165) is 103 Å². The zero-order valence-corrected chi connectivity index (χ0v) is 36.8. The van der Waals surface area contributed by atoms with E-state index in [4.69, 9.17) is 4.74 Å². The Hall–Kier alpha value is -2.18. The summed E-state index contributed by atoms with van der Waals surface area (Å²) in [5, 5.41) is 23.0. The van der Waals surface area contributed by atoms with Crippen LogP contribution in [-0.2, 0) is 14.3 Å². The fourth-order valence-electron chi connectivity index (χ4n) is 6.84. The lowest BCUT2D eigenvalue weighted by Crippen LogP contribution is -2.45. The van der Waals surface area contributed by atoms with E-state index < -0.39 is 12.1 Å². The number of amides is 1. The predicted octanol–water partition coefficient (Wildman–Crippen LogP) is 13.9. The zero-order valence-electron chi connectivity index (χ0n) is 36.8. The zero-order chi connectivity index (χ0) is 40.8. The number of hydrogen-bond acceptors (Lipinski definition) is 5. The van der Waals surface area contributed by atoms with Gasteiger partial charge >= 0.3 is 5.97 Å². The first kappa shape index (κ1) is 53.8. The second-order valence-corrected chi connectivity index (χ2v) is 16.1. The summed E-state index contributed by atoms with van der Waals surface area (Å²) in [5.74, 6) is -0.138. The third-order valence-corrected chi connectivity index (χ3v) is 10.5. The van der Waals surface area contributed by atoms with Crippen LogP contribution >= 0.6 is 0 Å². The molecule has 0 aliphatic carbocycles. The minimum absolute atomic E-state index is 0.0409. The lowest BCUT2D eigenvalue weighted by Gasteiger charge is -2.20. The molecule has 0 spiro atoms. The molecule has 0 aromatic rings. The average molecular weight is 786 g/mol. The van der Waals surface area contributed by atoms with Crippen LogP contribution in [0.15, 0.2) is 48.6 Å². The minimum atomic E-state index is -0.861. The van der Waals surface area contributed by atoms with Gasteiger partial charge in [0.25, 0.3) is 0 Å². The monoisotopic (exact) mass is 786 g/mol. The summed E-state index contributed by atoms with van der Waals surface area (Å²) < 4.78 is 5.42. The Morgan fingerprint density at radius 3 is 1.45 bits per heavy atom. The highest BCUT2D eigenvalue weighted by Crippen LogP contribution is 2.14. The summed E-state index contributed by atoms with van der Waals surface area (Å²) in [5.41, 5.74) is 0. The van der Waals surface area contributed by atoms with Gasteiger partial charge < -0.3 is 20.3 Å². The van der Waals surface area contributed by atoms with Crippen molar-refractivity contribution in [2.45, 2.75) is 244 Å². The van der Waals surface area contributed by atoms with Crippen LogP contribution in [0.4, 0.5) is 0 Å². The highest BCUT2D eigenvalue weighted by atomic mass is 16.5. The predicted molar refractivity (Wildman–Crippen MR) is 241 cm³/mol. The maximum absolute atomic E-state index is 12.4. The fraction of sp³-hybridized carbons (Fsp3) is 0.800. The number of nitrogens with one attached hydrogen (secondary N) is 1. The fourth-order valence-corrected chi connectivity index (χ4v) is 6.84. The van der Waals surface area contributed by atoms with Gasteiger partial charge in [-0.05, 0) is 89.9 Å². The van der Waals surface area contributed by atoms with E-state index >= 15 is 0 Å². The molecule has 3 N–H and O–H groups in total. The summed E-state index contributed by atoms with van der Waals surface area (Å²) in [6.07, 6.45) is 55.3. The number of esters is 1. The number of rotatable bonds is 43. The molecular formula is C50H91NO5. The van der Waals surface area contributed by atoms with Gasteiger partial charge in [-0.25, -0.2) is 0 Å². The number of carbonyl (C=O) groups is 2. The van der Waals surface area contributed by atoms with Crippen molar-refractivity contribution in [1.82, 2.24) is 5.32 Å². The van der Waals surface area contributed by atoms with Crippen molar-refractivity contribution >= 4 is 11.9 Å². The van der Waals surface area contributed by atoms with Gasteiger partial charge in [-0.3, -0.25) is 9.59 Å². The molecule has 1 amide bonds. The van der Waals surface area contributed by atoms with E-state index in [-0.39, 0.29) is 18.5 Å². The quantitative estimate of drug-likeness (QED) is 0.0325. The summed E-state index contributed by atoms with van der Waals surface area (Å²) in [6.45, 7) is 4.75. The molecule has 0 aliphatic rings. The van der Waals surface area contributed by atoms with Gasteiger partial charge in [-0.15, -0.1) is 0 Å². The van der Waals surface area contributed by atoms with Crippen molar-refractivity contribution in [3.8, 4) is 0 Å². The standard InChI is InChI=1S/C50H91NO5/c1-3-5-7-9-11-13-15-17-19-22-26-30-34-38-42-48(53)47(46-52)51-49(54)43-39-35-31-27-23-20-21-25-29-33-37-41-45-56-50(55)44-40-36-32-28-24-18-16-14-12-10-8-6-4-2/h8,10,14,16,21,25,38,42,47-48,52-53H,3-7,9,11-13,15,17-20,22-24,26-37,39-41,43-46H2,1-2H3,(H,51,54)/b10-8-,16-14-,25-21-,42-38+. The Morgan fingerprint density at radius 2 is 0.929 bits per heavy atom. The molecular weight excluding hydrogens is 695 g/mol. The first-order valence-electron chi connectivity index (χ1n) is 23.9. The van der Waals surface area contributed by atoms with E-state index in [1.807, 2.05) is 6.08 Å². The van der Waals surface area contributed by atoms with E-state index in [2.05, 4.69) is 55.6 Å². The van der Waals surface area contributed by atoms with Gasteiger partial charge in [0.05, 0.1) is 25.4 Å². The van der Waals surface area contributed by atoms with Crippen LogP contribution in [0.25, 0.3) is 0 Å². The largest absolute Gasteiger partial charge is 0.466 e. The van der Waals surface area contributed by atoms with Crippen LogP contribution < -0.4 is 5.32 Å². The number of allylic oxidation sites excluding steroid dienone is 7. The topological polar surface area (TPSA) is 95.9 Å². The number of carbonyl (C=O) groups excluding carboxylic acids is 2. The van der Waals surface area contributed by atoms with Crippen molar-refractivity contribution in [2.24, 2.45) is 0 Å². The average Bonchev–Trinajstić information content (AvgIpc) is 3.20. The van der Waals surface area contributed by atoms with E-state index in [9.17, 15) is 19.8 Å². The molecule has 0 aromatic carbocycles. The molecule has 0 aromatic heterocycles. The van der Waals surface area contributed by atoms with Crippen LogP contribution in [-0.4, -0.2) is 47.4 Å². The first-order valence-corrected chi connectivity index (χ1v) is 23.9. The molecule has 0 aliphatic heterocycles. The second-order valence-electron chi connectivity index (χ2n) is 16.1. The molecule has 6 heteroatoms. The van der Waals surface area contributed by atoms with E-state index in [1.165, 1.54) is 103 Å². The number of aliphatic hydroxyl groups excluding tert-OH is 2. The summed E-state index contributed by atoms with van der Waals surface area (Å²) in [7, 11) is 0. The Balaban J connectivity index is 3.58. The molecule has 56 heavy (non-hydrogen) atoms. The minimum Gasteiger partial charge on any atom is -0.466 e. The Kier molecular flexibility index (Phi) is 43.7. The summed E-state index contributed by atoms with van der Waals surface area (Å²) >= 11 is 0. The molecule has 0 saturated carbocycles. The Morgan fingerprint density at radius 1 is 0.500 bits per heavy atom. The molecule has 2 unspecified atom stereocenters. The highest BCUT2D eigenvalue weighted by molar-refractivity contribution is 5.76. The van der Waals surface area contributed by atoms with Crippen LogP contribution in [0, 0.1) is 0 Å². The van der Waals surface area contributed by atoms with Crippen molar-refractivity contribution < 1.29 is 24.5 Å². The number of aliphatic hydroxyl groups is 2. The molecule has 0 heterocycles. The van der Waals surface area contributed by atoms with Crippen molar-refractivity contribution in [2.75, 3.05) is 13.2 Å². The molecule has 0 fully saturated rings. The maximum atomic E-state index is 12.4. The second kappa shape index (κ2) is 45.5. The number of ether oxygens (including phenoxy) is 1. The van der Waals surface area contributed by atoms with Crippen LogP contribution in [0.3, 0.4) is 0 Å². The van der Waals surface area contributed by atoms with Gasteiger partial charge in [0.1, 0.15) is 0 Å². The molecule has 0 saturated heterocycles. The molecule has 0 radical (unpaired) electrons. The summed E-state index contributed by atoms with van der Waals surface area (Å²) in [6, 6.07) is -0.647. The third-order valence-electron chi connectivity index (χ3n) is 10.5. The van der Waals surface area contributed by atoms with Gasteiger partial charge in [0.15, 0.2) is 0 Å². The van der Waals surface area contributed by atoms with Gasteiger partial charge in [-0.2, -0.15) is 0 Å². The lowest BCUT2D eigenvalue weighted by atomic mass is 10.0. The SMILES string of the molecule is CCC/C=C\C/C=C\CCCCCCCC(=O)OCCCCC/C=C\CCCCCCCC(=O)NC(CO)C(O)/C=C/CCCCCCCCCCCCCC. The van der Waals surface area contributed by atoms with Crippen molar-refractivity contribution in [1.29, 1.82) is 0 Å². The van der Waals surface area contributed by atoms with Crippen LogP contribution in [0.2, 0.25) is 0 Å². The summed E-state index contributed by atoms with van der Waals surface area (Å²) in [4.78, 5) is 24.4. The molecule has 2 atom stereocenters. The Labute approximate surface area is 346 Å². The van der Waals surface area contributed by atoms with Gasteiger partial charge in [-0.1, -0.05) is 178 Å².